The SMILES string of the molecule is COc1cccc(C(=O)N2CCN(c3ccc([N+](=O)[O-])cc3C#N)CC2)c1. The monoisotopic (exact) mass is 366 g/mol. The number of nitro groups is 1. The van der Waals surface area contributed by atoms with E-state index < -0.39 is 4.92 Å². The quantitative estimate of drug-likeness (QED) is 0.609. The first-order valence-corrected chi connectivity index (χ1v) is 8.40. The Balaban J connectivity index is 1.71. The first-order chi connectivity index (χ1) is 13.0. The second-order valence-corrected chi connectivity index (χ2v) is 6.08. The van der Waals surface area contributed by atoms with Crippen molar-refractivity contribution in [3.8, 4) is 11.8 Å². The Bertz CT molecular complexity index is 914. The van der Waals surface area contributed by atoms with Gasteiger partial charge in [0.15, 0.2) is 0 Å². The molecule has 0 spiro atoms. The number of anilines is 1. The largest absolute Gasteiger partial charge is 0.497 e. The molecule has 27 heavy (non-hydrogen) atoms. The summed E-state index contributed by atoms with van der Waals surface area (Å²) in [6.45, 7) is 2.08. The van der Waals surface area contributed by atoms with E-state index in [2.05, 4.69) is 0 Å². The number of ether oxygens (including phenoxy) is 1. The summed E-state index contributed by atoms with van der Waals surface area (Å²) in [5, 5.41) is 20.2. The number of nitro benzene ring substituents is 1. The minimum absolute atomic E-state index is 0.0715. The molecule has 1 aliphatic rings. The van der Waals surface area contributed by atoms with Crippen molar-refractivity contribution in [2.45, 2.75) is 0 Å². The first kappa shape index (κ1) is 18.2. The van der Waals surface area contributed by atoms with Crippen LogP contribution < -0.4 is 9.64 Å². The highest BCUT2D eigenvalue weighted by Crippen LogP contribution is 2.26. The van der Waals surface area contributed by atoms with Crippen LogP contribution in [0.4, 0.5) is 11.4 Å². The van der Waals surface area contributed by atoms with E-state index in [9.17, 15) is 20.2 Å². The number of non-ortho nitro benzene ring substituents is 1. The maximum absolute atomic E-state index is 12.7. The lowest BCUT2D eigenvalue weighted by atomic mass is 10.1. The Morgan fingerprint density at radius 3 is 2.56 bits per heavy atom. The number of piperazine rings is 1. The second-order valence-electron chi connectivity index (χ2n) is 6.08. The van der Waals surface area contributed by atoms with Crippen LogP contribution in [0.15, 0.2) is 42.5 Å². The van der Waals surface area contributed by atoms with Crippen LogP contribution in [0.1, 0.15) is 15.9 Å². The van der Waals surface area contributed by atoms with Gasteiger partial charge in [-0.3, -0.25) is 14.9 Å². The summed E-state index contributed by atoms with van der Waals surface area (Å²) in [5.41, 5.74) is 1.37. The zero-order valence-corrected chi connectivity index (χ0v) is 14.8. The van der Waals surface area contributed by atoms with Crippen molar-refractivity contribution in [3.63, 3.8) is 0 Å². The maximum Gasteiger partial charge on any atom is 0.270 e. The molecular weight excluding hydrogens is 348 g/mol. The number of nitriles is 1. The number of carbonyl (C=O) groups is 1. The average molecular weight is 366 g/mol. The molecule has 0 bridgehead atoms. The van der Waals surface area contributed by atoms with Gasteiger partial charge in [0.25, 0.3) is 11.6 Å². The fourth-order valence-electron chi connectivity index (χ4n) is 3.09. The van der Waals surface area contributed by atoms with Crippen molar-refractivity contribution in [1.82, 2.24) is 4.90 Å². The summed E-state index contributed by atoms with van der Waals surface area (Å²) in [7, 11) is 1.55. The lowest BCUT2D eigenvalue weighted by molar-refractivity contribution is -0.384. The fraction of sp³-hybridized carbons (Fsp3) is 0.263. The summed E-state index contributed by atoms with van der Waals surface area (Å²) in [6.07, 6.45) is 0. The van der Waals surface area contributed by atoms with Crippen LogP contribution in [0, 0.1) is 21.4 Å². The lowest BCUT2D eigenvalue weighted by Crippen LogP contribution is -2.49. The van der Waals surface area contributed by atoms with Gasteiger partial charge in [-0.1, -0.05) is 6.07 Å². The van der Waals surface area contributed by atoms with Gasteiger partial charge < -0.3 is 14.5 Å². The normalized spacial score (nSPS) is 13.8. The Hall–Kier alpha value is -3.60. The van der Waals surface area contributed by atoms with E-state index in [-0.39, 0.29) is 17.2 Å². The minimum Gasteiger partial charge on any atom is -0.497 e. The molecule has 8 nitrogen and oxygen atoms in total. The van der Waals surface area contributed by atoms with Gasteiger partial charge in [-0.05, 0) is 24.3 Å². The van der Waals surface area contributed by atoms with Gasteiger partial charge in [-0.15, -0.1) is 0 Å². The zero-order valence-electron chi connectivity index (χ0n) is 14.8. The summed E-state index contributed by atoms with van der Waals surface area (Å²) >= 11 is 0. The molecule has 1 saturated heterocycles. The van der Waals surface area contributed by atoms with E-state index >= 15 is 0 Å². The summed E-state index contributed by atoms with van der Waals surface area (Å²) in [5.74, 6) is 0.557. The molecular formula is C19H18N4O4. The van der Waals surface area contributed by atoms with E-state index in [1.807, 2.05) is 11.0 Å². The number of benzene rings is 2. The van der Waals surface area contributed by atoms with Crippen LogP contribution >= 0.6 is 0 Å². The molecule has 0 unspecified atom stereocenters. The zero-order chi connectivity index (χ0) is 19.4. The molecule has 1 heterocycles. The van der Waals surface area contributed by atoms with Crippen LogP contribution in [-0.2, 0) is 0 Å². The number of rotatable bonds is 4. The van der Waals surface area contributed by atoms with Gasteiger partial charge in [-0.2, -0.15) is 5.26 Å². The fourth-order valence-corrected chi connectivity index (χ4v) is 3.09. The van der Waals surface area contributed by atoms with Crippen LogP contribution in [0.25, 0.3) is 0 Å². The molecule has 0 aromatic heterocycles. The lowest BCUT2D eigenvalue weighted by Gasteiger charge is -2.36. The molecule has 2 aromatic carbocycles. The summed E-state index contributed by atoms with van der Waals surface area (Å²) in [4.78, 5) is 26.8. The highest BCUT2D eigenvalue weighted by molar-refractivity contribution is 5.94. The van der Waals surface area contributed by atoms with Crippen LogP contribution in [0.2, 0.25) is 0 Å². The Morgan fingerprint density at radius 2 is 1.93 bits per heavy atom. The second kappa shape index (κ2) is 7.74. The highest BCUT2D eigenvalue weighted by atomic mass is 16.6. The number of hydrogen-bond donors (Lipinski definition) is 0. The topological polar surface area (TPSA) is 99.7 Å². The predicted octanol–water partition coefficient (Wildman–Crippen LogP) is 2.44. The Kier molecular flexibility index (Phi) is 5.22. The van der Waals surface area contributed by atoms with E-state index in [1.54, 1.807) is 42.3 Å². The smallest absolute Gasteiger partial charge is 0.270 e. The van der Waals surface area contributed by atoms with Gasteiger partial charge in [0.1, 0.15) is 11.8 Å². The Labute approximate surface area is 156 Å². The third-order valence-corrected chi connectivity index (χ3v) is 4.54. The maximum atomic E-state index is 12.7. The molecule has 0 radical (unpaired) electrons. The van der Waals surface area contributed by atoms with E-state index in [4.69, 9.17) is 4.74 Å². The molecule has 138 valence electrons. The molecule has 2 aromatic rings. The minimum atomic E-state index is -0.518. The van der Waals surface area contributed by atoms with Crippen LogP contribution in [0.3, 0.4) is 0 Å². The molecule has 1 fully saturated rings. The number of hydrogen-bond acceptors (Lipinski definition) is 6. The van der Waals surface area contributed by atoms with Crippen molar-refractivity contribution in [1.29, 1.82) is 5.26 Å². The average Bonchev–Trinajstić information content (AvgIpc) is 2.72. The summed E-state index contributed by atoms with van der Waals surface area (Å²) < 4.78 is 5.16. The van der Waals surface area contributed by atoms with Crippen molar-refractivity contribution in [3.05, 3.63) is 63.7 Å². The van der Waals surface area contributed by atoms with Gasteiger partial charge in [-0.25, -0.2) is 0 Å². The number of nitrogens with zero attached hydrogens (tertiary/aromatic N) is 4. The number of amides is 1. The molecule has 3 rings (SSSR count). The van der Waals surface area contributed by atoms with Crippen molar-refractivity contribution < 1.29 is 14.5 Å². The summed E-state index contributed by atoms with van der Waals surface area (Å²) in [6, 6.07) is 13.3. The standard InChI is InChI=1S/C19H18N4O4/c1-27-17-4-2-3-14(12-17)19(24)22-9-7-21(8-10-22)18-6-5-16(23(25)26)11-15(18)13-20/h2-6,11-12H,7-10H2,1H3. The third kappa shape index (κ3) is 3.82. The van der Waals surface area contributed by atoms with Gasteiger partial charge in [0, 0.05) is 43.9 Å². The highest BCUT2D eigenvalue weighted by Gasteiger charge is 2.24. The number of methoxy groups -OCH3 is 1. The molecule has 0 aliphatic carbocycles. The van der Waals surface area contributed by atoms with Crippen molar-refractivity contribution in [2.24, 2.45) is 0 Å². The molecule has 0 saturated carbocycles. The van der Waals surface area contributed by atoms with E-state index in [1.165, 1.54) is 12.1 Å². The van der Waals surface area contributed by atoms with Crippen LogP contribution in [-0.4, -0.2) is 49.0 Å². The van der Waals surface area contributed by atoms with Gasteiger partial charge in [0.05, 0.1) is 23.3 Å². The molecule has 0 atom stereocenters. The Morgan fingerprint density at radius 1 is 1.19 bits per heavy atom. The van der Waals surface area contributed by atoms with Crippen molar-refractivity contribution >= 4 is 17.3 Å². The van der Waals surface area contributed by atoms with E-state index in [0.29, 0.717) is 43.2 Å². The van der Waals surface area contributed by atoms with E-state index in [0.717, 1.165) is 0 Å². The third-order valence-electron chi connectivity index (χ3n) is 4.54. The molecule has 8 heteroatoms. The predicted molar refractivity (Wildman–Crippen MR) is 98.9 cm³/mol. The molecule has 0 N–H and O–H groups in total. The van der Waals surface area contributed by atoms with Gasteiger partial charge >= 0.3 is 0 Å². The molecule has 1 aliphatic heterocycles. The number of carbonyl (C=O) groups excluding carboxylic acids is 1. The van der Waals surface area contributed by atoms with Gasteiger partial charge in [0.2, 0.25) is 0 Å². The van der Waals surface area contributed by atoms with Crippen molar-refractivity contribution in [2.75, 3.05) is 38.2 Å². The molecule has 1 amide bonds. The first-order valence-electron chi connectivity index (χ1n) is 8.40. The van der Waals surface area contributed by atoms with Crippen LogP contribution in [0.5, 0.6) is 5.75 Å².